The zero-order valence-corrected chi connectivity index (χ0v) is 12.5. The van der Waals surface area contributed by atoms with Crippen LogP contribution >= 0.6 is 0 Å². The van der Waals surface area contributed by atoms with Crippen molar-refractivity contribution in [1.29, 1.82) is 0 Å². The molecule has 0 saturated carbocycles. The quantitative estimate of drug-likeness (QED) is 0.528. The summed E-state index contributed by atoms with van der Waals surface area (Å²) in [4.78, 5) is 0. The number of benzene rings is 1. The van der Waals surface area contributed by atoms with E-state index in [2.05, 4.69) is 10.1 Å². The Kier molecular flexibility index (Phi) is 7.07. The number of rotatable bonds is 9. The van der Waals surface area contributed by atoms with Crippen molar-refractivity contribution < 1.29 is 38.0 Å². The smallest absolute Gasteiger partial charge is 0.491 e. The van der Waals surface area contributed by atoms with Gasteiger partial charge in [0.15, 0.2) is 0 Å². The fourth-order valence-corrected chi connectivity index (χ4v) is 1.51. The monoisotopic (exact) mass is 339 g/mol. The number of aliphatic hydroxyl groups excluding tert-OH is 3. The highest BCUT2D eigenvalue weighted by Gasteiger charge is 2.31. The van der Waals surface area contributed by atoms with E-state index in [1.165, 1.54) is 12.1 Å². The highest BCUT2D eigenvalue weighted by Crippen LogP contribution is 2.24. The number of ether oxygens (including phenoxy) is 2. The molecule has 0 spiro atoms. The number of nitrogens with one attached hydrogen (secondary N) is 1. The number of halogens is 3. The zero-order chi connectivity index (χ0) is 17.5. The molecule has 0 fully saturated rings. The first-order chi connectivity index (χ1) is 10.7. The molecule has 1 atom stereocenters. The molecule has 1 rings (SSSR count). The standard InChI is InChI=1S/C14H20F3NO5/c1-13(8-19,9-20)18-6-10(21)7-22-11-2-4-12(5-3-11)23-14(15,16)17/h2-5,10,18-21H,6-9H2,1H3/t10-/m1/s1. The highest BCUT2D eigenvalue weighted by molar-refractivity contribution is 5.31. The van der Waals surface area contributed by atoms with Gasteiger partial charge in [-0.15, -0.1) is 13.2 Å². The van der Waals surface area contributed by atoms with Gasteiger partial charge in [-0.25, -0.2) is 0 Å². The molecule has 1 aromatic carbocycles. The van der Waals surface area contributed by atoms with E-state index < -0.39 is 18.0 Å². The van der Waals surface area contributed by atoms with Gasteiger partial charge in [-0.1, -0.05) is 0 Å². The highest BCUT2D eigenvalue weighted by atomic mass is 19.4. The van der Waals surface area contributed by atoms with Crippen molar-refractivity contribution in [2.45, 2.75) is 24.9 Å². The summed E-state index contributed by atoms with van der Waals surface area (Å²) in [5, 5.41) is 30.7. The normalized spacial score (nSPS) is 13.7. The third kappa shape index (κ3) is 7.51. The van der Waals surface area contributed by atoms with Crippen molar-refractivity contribution in [2.75, 3.05) is 26.4 Å². The molecule has 0 heterocycles. The maximum Gasteiger partial charge on any atom is 0.573 e. The number of β-amino-alcohol motifs (C(OH)–C–C–N with tert-alkyl or cyclic N) is 1. The van der Waals surface area contributed by atoms with Crippen molar-refractivity contribution in [3.63, 3.8) is 0 Å². The first kappa shape index (κ1) is 19.5. The number of aliphatic hydroxyl groups is 3. The minimum atomic E-state index is -4.75. The predicted octanol–water partition coefficient (Wildman–Crippen LogP) is 0.658. The summed E-state index contributed by atoms with van der Waals surface area (Å²) >= 11 is 0. The second kappa shape index (κ2) is 8.34. The van der Waals surface area contributed by atoms with Gasteiger partial charge in [-0.2, -0.15) is 0 Å². The number of hydrogen-bond acceptors (Lipinski definition) is 6. The summed E-state index contributed by atoms with van der Waals surface area (Å²) in [5.74, 6) is -0.0978. The van der Waals surface area contributed by atoms with Crippen molar-refractivity contribution in [2.24, 2.45) is 0 Å². The Morgan fingerprint density at radius 1 is 1.09 bits per heavy atom. The Labute approximate surface area is 131 Å². The Balaban J connectivity index is 2.40. The van der Waals surface area contributed by atoms with E-state index in [1.54, 1.807) is 6.92 Å². The van der Waals surface area contributed by atoms with E-state index in [4.69, 9.17) is 14.9 Å². The number of alkyl halides is 3. The Morgan fingerprint density at radius 2 is 1.61 bits per heavy atom. The molecule has 0 aliphatic heterocycles. The van der Waals surface area contributed by atoms with Crippen molar-refractivity contribution in [1.82, 2.24) is 5.32 Å². The van der Waals surface area contributed by atoms with Crippen molar-refractivity contribution in [3.05, 3.63) is 24.3 Å². The van der Waals surface area contributed by atoms with E-state index in [0.29, 0.717) is 0 Å². The van der Waals surface area contributed by atoms with Crippen LogP contribution in [-0.4, -0.2) is 59.7 Å². The lowest BCUT2D eigenvalue weighted by Crippen LogP contribution is -2.52. The lowest BCUT2D eigenvalue weighted by Gasteiger charge is -2.27. The van der Waals surface area contributed by atoms with Crippen LogP contribution in [0.4, 0.5) is 13.2 Å². The maximum atomic E-state index is 12.0. The fourth-order valence-electron chi connectivity index (χ4n) is 1.51. The van der Waals surface area contributed by atoms with Crippen LogP contribution in [0.1, 0.15) is 6.92 Å². The van der Waals surface area contributed by atoms with Gasteiger partial charge in [-0.3, -0.25) is 0 Å². The van der Waals surface area contributed by atoms with Crippen LogP contribution in [0.15, 0.2) is 24.3 Å². The Morgan fingerprint density at radius 3 is 2.09 bits per heavy atom. The predicted molar refractivity (Wildman–Crippen MR) is 75.2 cm³/mol. The van der Waals surface area contributed by atoms with E-state index in [9.17, 15) is 18.3 Å². The van der Waals surface area contributed by atoms with Gasteiger partial charge in [-0.05, 0) is 31.2 Å². The second-order valence-corrected chi connectivity index (χ2v) is 5.24. The third-order valence-corrected chi connectivity index (χ3v) is 2.96. The topological polar surface area (TPSA) is 91.2 Å². The largest absolute Gasteiger partial charge is 0.573 e. The SMILES string of the molecule is CC(CO)(CO)NC[C@@H](O)COc1ccc(OC(F)(F)F)cc1. The molecule has 0 aromatic heterocycles. The minimum Gasteiger partial charge on any atom is -0.491 e. The average Bonchev–Trinajstić information content (AvgIpc) is 2.50. The molecule has 0 radical (unpaired) electrons. The van der Waals surface area contributed by atoms with Crippen LogP contribution in [0.5, 0.6) is 11.5 Å². The molecule has 6 nitrogen and oxygen atoms in total. The third-order valence-electron chi connectivity index (χ3n) is 2.96. The second-order valence-electron chi connectivity index (χ2n) is 5.24. The van der Waals surface area contributed by atoms with Crippen molar-refractivity contribution >= 4 is 0 Å². The van der Waals surface area contributed by atoms with E-state index in [0.717, 1.165) is 12.1 Å². The summed E-state index contributed by atoms with van der Waals surface area (Å²) in [6, 6.07) is 4.77. The Bertz CT molecular complexity index is 462. The first-order valence-electron chi connectivity index (χ1n) is 6.81. The van der Waals surface area contributed by atoms with Crippen LogP contribution < -0.4 is 14.8 Å². The van der Waals surface area contributed by atoms with Gasteiger partial charge in [0, 0.05) is 6.54 Å². The molecule has 0 saturated heterocycles. The van der Waals surface area contributed by atoms with Crippen molar-refractivity contribution in [3.8, 4) is 11.5 Å². The molecule has 132 valence electrons. The molecular formula is C14H20F3NO5. The molecule has 0 aliphatic carbocycles. The maximum absolute atomic E-state index is 12.0. The van der Waals surface area contributed by atoms with Gasteiger partial charge in [0.05, 0.1) is 18.8 Å². The summed E-state index contributed by atoms with van der Waals surface area (Å²) in [6.07, 6.45) is -5.69. The lowest BCUT2D eigenvalue weighted by molar-refractivity contribution is -0.274. The summed E-state index contributed by atoms with van der Waals surface area (Å²) in [6.45, 7) is 0.918. The summed E-state index contributed by atoms with van der Waals surface area (Å²) in [5.41, 5.74) is -0.919. The number of hydrogen-bond donors (Lipinski definition) is 4. The molecule has 0 amide bonds. The van der Waals surface area contributed by atoms with Gasteiger partial charge < -0.3 is 30.1 Å². The zero-order valence-electron chi connectivity index (χ0n) is 12.5. The van der Waals surface area contributed by atoms with Gasteiger partial charge >= 0.3 is 6.36 Å². The average molecular weight is 339 g/mol. The van der Waals surface area contributed by atoms with E-state index >= 15 is 0 Å². The molecule has 23 heavy (non-hydrogen) atoms. The van der Waals surface area contributed by atoms with E-state index in [1.807, 2.05) is 0 Å². The summed E-state index contributed by atoms with van der Waals surface area (Å²) < 4.78 is 45.0. The molecule has 9 heteroatoms. The van der Waals surface area contributed by atoms with Crippen LogP contribution in [-0.2, 0) is 0 Å². The van der Waals surface area contributed by atoms with Gasteiger partial charge in [0.1, 0.15) is 24.2 Å². The minimum absolute atomic E-state index is 0.0624. The fraction of sp³-hybridized carbons (Fsp3) is 0.571. The van der Waals surface area contributed by atoms with E-state index in [-0.39, 0.29) is 37.9 Å². The molecule has 0 aliphatic rings. The van der Waals surface area contributed by atoms with Crippen LogP contribution in [0.2, 0.25) is 0 Å². The van der Waals surface area contributed by atoms with Crippen LogP contribution in [0, 0.1) is 0 Å². The molecular weight excluding hydrogens is 319 g/mol. The van der Waals surface area contributed by atoms with Crippen LogP contribution in [0.25, 0.3) is 0 Å². The molecule has 4 N–H and O–H groups in total. The first-order valence-corrected chi connectivity index (χ1v) is 6.81. The lowest BCUT2D eigenvalue weighted by atomic mass is 10.1. The molecule has 1 aromatic rings. The Hall–Kier alpha value is -1.55. The van der Waals surface area contributed by atoms with Gasteiger partial charge in [0.25, 0.3) is 0 Å². The van der Waals surface area contributed by atoms with Gasteiger partial charge in [0.2, 0.25) is 0 Å². The molecule has 0 bridgehead atoms. The van der Waals surface area contributed by atoms with Crippen LogP contribution in [0.3, 0.4) is 0 Å². The summed E-state index contributed by atoms with van der Waals surface area (Å²) in [7, 11) is 0. The molecule has 0 unspecified atom stereocenters.